The highest BCUT2D eigenvalue weighted by atomic mass is 19.1. The molecule has 2 aromatic heterocycles. The number of carbonyl (C=O) groups is 1. The molecule has 7 heteroatoms. The van der Waals surface area contributed by atoms with Gasteiger partial charge in [-0.2, -0.15) is 0 Å². The number of rotatable bonds is 6. The average Bonchev–Trinajstić information content (AvgIpc) is 3.00. The van der Waals surface area contributed by atoms with E-state index in [-0.39, 0.29) is 24.0 Å². The highest BCUT2D eigenvalue weighted by Gasteiger charge is 2.15. The van der Waals surface area contributed by atoms with Crippen LogP contribution in [-0.4, -0.2) is 26.6 Å². The molecular formula is C24H23FN4O2. The van der Waals surface area contributed by atoms with Gasteiger partial charge in [0.15, 0.2) is 5.65 Å². The molecule has 2 heterocycles. The first-order valence-electron chi connectivity index (χ1n) is 10.1. The minimum Gasteiger partial charge on any atom is -0.350 e. The minimum absolute atomic E-state index is 0.178. The Morgan fingerprint density at radius 2 is 1.74 bits per heavy atom. The van der Waals surface area contributed by atoms with Crippen molar-refractivity contribution in [2.45, 2.75) is 26.9 Å². The molecule has 158 valence electrons. The zero-order valence-electron chi connectivity index (χ0n) is 17.4. The van der Waals surface area contributed by atoms with E-state index in [0.717, 1.165) is 16.7 Å². The second-order valence-corrected chi connectivity index (χ2v) is 7.63. The molecule has 2 aromatic carbocycles. The zero-order chi connectivity index (χ0) is 22.0. The van der Waals surface area contributed by atoms with Crippen molar-refractivity contribution in [2.24, 2.45) is 0 Å². The molecule has 0 unspecified atom stereocenters. The Balaban J connectivity index is 1.55. The summed E-state index contributed by atoms with van der Waals surface area (Å²) in [6.07, 6.45) is 1.63. The summed E-state index contributed by atoms with van der Waals surface area (Å²) in [5, 5.41) is 2.88. The first kappa shape index (κ1) is 20.5. The molecule has 0 aliphatic heterocycles. The van der Waals surface area contributed by atoms with Crippen LogP contribution < -0.4 is 11.0 Å². The molecule has 4 aromatic rings. The Bertz CT molecular complexity index is 1290. The molecule has 4 rings (SSSR count). The van der Waals surface area contributed by atoms with E-state index in [2.05, 4.69) is 10.3 Å². The monoisotopic (exact) mass is 418 g/mol. The lowest BCUT2D eigenvalue weighted by Crippen LogP contribution is -2.32. The van der Waals surface area contributed by atoms with Crippen LogP contribution in [0.25, 0.3) is 11.2 Å². The molecule has 1 N–H and O–H groups in total. The van der Waals surface area contributed by atoms with E-state index >= 15 is 0 Å². The van der Waals surface area contributed by atoms with E-state index in [9.17, 15) is 14.0 Å². The summed E-state index contributed by atoms with van der Waals surface area (Å²) in [6, 6.07) is 15.4. The fraction of sp³-hybridized carbons (Fsp3) is 0.208. The fourth-order valence-corrected chi connectivity index (χ4v) is 3.76. The normalized spacial score (nSPS) is 11.1. The van der Waals surface area contributed by atoms with Gasteiger partial charge in [-0.1, -0.05) is 29.3 Å². The van der Waals surface area contributed by atoms with Gasteiger partial charge in [0.25, 0.3) is 5.91 Å². The molecule has 0 radical (unpaired) electrons. The van der Waals surface area contributed by atoms with Crippen LogP contribution in [0.5, 0.6) is 0 Å². The van der Waals surface area contributed by atoms with Gasteiger partial charge in [-0.25, -0.2) is 14.2 Å². The number of hydrogen-bond donors (Lipinski definition) is 1. The summed E-state index contributed by atoms with van der Waals surface area (Å²) in [5.41, 5.74) is 4.48. The van der Waals surface area contributed by atoms with E-state index < -0.39 is 0 Å². The summed E-state index contributed by atoms with van der Waals surface area (Å²) in [6.45, 7) is 4.79. The Morgan fingerprint density at radius 3 is 2.45 bits per heavy atom. The number of halogens is 1. The lowest BCUT2D eigenvalue weighted by Gasteiger charge is -2.08. The number of fused-ring (bicyclic) bond motifs is 1. The van der Waals surface area contributed by atoms with E-state index in [0.29, 0.717) is 29.8 Å². The van der Waals surface area contributed by atoms with Gasteiger partial charge in [-0.3, -0.25) is 13.9 Å². The first-order valence-corrected chi connectivity index (χ1v) is 10.1. The molecule has 0 aliphatic rings. The maximum atomic E-state index is 13.2. The topological polar surface area (TPSA) is 68.9 Å². The van der Waals surface area contributed by atoms with E-state index in [1.54, 1.807) is 33.5 Å². The number of carbonyl (C=O) groups excluding carboxylic acids is 1. The number of aromatic nitrogens is 3. The van der Waals surface area contributed by atoms with Crippen molar-refractivity contribution in [1.29, 1.82) is 0 Å². The number of benzene rings is 2. The van der Waals surface area contributed by atoms with E-state index in [4.69, 9.17) is 0 Å². The van der Waals surface area contributed by atoms with Gasteiger partial charge in [0.05, 0.1) is 12.1 Å². The number of hydrogen-bond acceptors (Lipinski definition) is 3. The number of nitrogens with zero attached hydrogens (tertiary/aromatic N) is 3. The number of imidazole rings is 1. The van der Waals surface area contributed by atoms with Gasteiger partial charge in [-0.15, -0.1) is 0 Å². The van der Waals surface area contributed by atoms with Crippen molar-refractivity contribution in [3.63, 3.8) is 0 Å². The lowest BCUT2D eigenvalue weighted by molar-refractivity contribution is 0.0952. The van der Waals surface area contributed by atoms with Gasteiger partial charge in [0.2, 0.25) is 0 Å². The SMILES string of the molecule is Cc1cc(C)cc(C(=O)NCCn2c(=O)n(Cc3ccc(F)cc3)c3cccnc32)c1. The summed E-state index contributed by atoms with van der Waals surface area (Å²) in [4.78, 5) is 30.0. The van der Waals surface area contributed by atoms with Crippen LogP contribution in [-0.2, 0) is 13.1 Å². The smallest absolute Gasteiger partial charge is 0.330 e. The van der Waals surface area contributed by atoms with Gasteiger partial charge in [0, 0.05) is 24.8 Å². The van der Waals surface area contributed by atoms with Gasteiger partial charge < -0.3 is 5.32 Å². The molecule has 0 spiro atoms. The predicted molar refractivity (Wildman–Crippen MR) is 118 cm³/mol. The molecule has 0 bridgehead atoms. The van der Waals surface area contributed by atoms with E-state index in [1.165, 1.54) is 12.1 Å². The molecule has 0 saturated carbocycles. The number of pyridine rings is 1. The third-order valence-corrected chi connectivity index (χ3v) is 5.13. The number of amides is 1. The highest BCUT2D eigenvalue weighted by Crippen LogP contribution is 2.13. The maximum Gasteiger partial charge on any atom is 0.330 e. The second kappa shape index (κ2) is 8.55. The summed E-state index contributed by atoms with van der Waals surface area (Å²) in [5.74, 6) is -0.498. The zero-order valence-corrected chi connectivity index (χ0v) is 17.4. The maximum absolute atomic E-state index is 13.2. The fourth-order valence-electron chi connectivity index (χ4n) is 3.76. The van der Waals surface area contributed by atoms with Crippen molar-refractivity contribution in [3.05, 3.63) is 99.3 Å². The van der Waals surface area contributed by atoms with Crippen LogP contribution in [0.4, 0.5) is 4.39 Å². The predicted octanol–water partition coefficient (Wildman–Crippen LogP) is 3.43. The third-order valence-electron chi connectivity index (χ3n) is 5.13. The molecule has 0 saturated heterocycles. The largest absolute Gasteiger partial charge is 0.350 e. The average molecular weight is 418 g/mol. The standard InChI is InChI=1S/C24H23FN4O2/c1-16-12-17(2)14-19(13-16)23(30)27-10-11-28-22-21(4-3-9-26-22)29(24(28)31)15-18-5-7-20(25)8-6-18/h3-9,12-14H,10-11,15H2,1-2H3,(H,27,30). The summed E-state index contributed by atoms with van der Waals surface area (Å²) >= 11 is 0. The lowest BCUT2D eigenvalue weighted by atomic mass is 10.1. The van der Waals surface area contributed by atoms with Crippen LogP contribution in [0, 0.1) is 19.7 Å². The molecule has 1 amide bonds. The van der Waals surface area contributed by atoms with Crippen LogP contribution in [0.1, 0.15) is 27.0 Å². The Morgan fingerprint density at radius 1 is 1.03 bits per heavy atom. The molecule has 31 heavy (non-hydrogen) atoms. The van der Waals surface area contributed by atoms with Gasteiger partial charge in [-0.05, 0) is 55.8 Å². The highest BCUT2D eigenvalue weighted by molar-refractivity contribution is 5.94. The van der Waals surface area contributed by atoms with Crippen LogP contribution in [0.3, 0.4) is 0 Å². The number of nitrogens with one attached hydrogen (secondary N) is 1. The molecule has 6 nitrogen and oxygen atoms in total. The van der Waals surface area contributed by atoms with E-state index in [1.807, 2.05) is 38.1 Å². The Labute approximate surface area is 179 Å². The number of aryl methyl sites for hydroxylation is 2. The van der Waals surface area contributed by atoms with Crippen LogP contribution >= 0.6 is 0 Å². The van der Waals surface area contributed by atoms with Crippen molar-refractivity contribution in [3.8, 4) is 0 Å². The first-order chi connectivity index (χ1) is 14.9. The third kappa shape index (κ3) is 4.40. The van der Waals surface area contributed by atoms with Crippen molar-refractivity contribution in [2.75, 3.05) is 6.54 Å². The molecule has 0 atom stereocenters. The summed E-state index contributed by atoms with van der Waals surface area (Å²) < 4.78 is 16.4. The van der Waals surface area contributed by atoms with Crippen molar-refractivity contribution < 1.29 is 9.18 Å². The Hall–Kier alpha value is -3.74. The molecule has 0 fully saturated rings. The quantitative estimate of drug-likeness (QED) is 0.522. The van der Waals surface area contributed by atoms with Crippen molar-refractivity contribution in [1.82, 2.24) is 19.4 Å². The second-order valence-electron chi connectivity index (χ2n) is 7.63. The van der Waals surface area contributed by atoms with Crippen LogP contribution in [0.2, 0.25) is 0 Å². The van der Waals surface area contributed by atoms with Gasteiger partial charge >= 0.3 is 5.69 Å². The minimum atomic E-state index is -0.320. The van der Waals surface area contributed by atoms with Gasteiger partial charge in [0.1, 0.15) is 5.82 Å². The molecule has 0 aliphatic carbocycles. The van der Waals surface area contributed by atoms with Crippen molar-refractivity contribution >= 4 is 17.1 Å². The Kier molecular flexibility index (Phi) is 5.66. The summed E-state index contributed by atoms with van der Waals surface area (Å²) in [7, 11) is 0. The van der Waals surface area contributed by atoms with Crippen LogP contribution in [0.15, 0.2) is 65.6 Å². The molecular weight excluding hydrogens is 395 g/mol.